The molecule has 2 rings (SSSR count). The van der Waals surface area contributed by atoms with Crippen LogP contribution in [0.25, 0.3) is 0 Å². The van der Waals surface area contributed by atoms with Gasteiger partial charge >= 0.3 is 0 Å². The zero-order chi connectivity index (χ0) is 9.97. The highest BCUT2D eigenvalue weighted by Crippen LogP contribution is 2.28. The molecule has 1 aliphatic rings. The van der Waals surface area contributed by atoms with E-state index in [4.69, 9.17) is 5.84 Å². The van der Waals surface area contributed by atoms with Crippen LogP contribution < -0.4 is 11.3 Å². The second-order valence-electron chi connectivity index (χ2n) is 2.89. The Kier molecular flexibility index (Phi) is 2.51. The van der Waals surface area contributed by atoms with Crippen molar-refractivity contribution in [3.63, 3.8) is 0 Å². The third-order valence-electron chi connectivity index (χ3n) is 1.98. The molecule has 0 spiro atoms. The van der Waals surface area contributed by atoms with Gasteiger partial charge in [0.2, 0.25) is 0 Å². The number of rotatable bonds is 1. The summed E-state index contributed by atoms with van der Waals surface area (Å²) >= 11 is 1.31. The molecule has 14 heavy (non-hydrogen) atoms. The highest BCUT2D eigenvalue weighted by molar-refractivity contribution is 7.98. The summed E-state index contributed by atoms with van der Waals surface area (Å²) in [6, 6.07) is 7.87. The van der Waals surface area contributed by atoms with Gasteiger partial charge in [0.1, 0.15) is 5.71 Å². The van der Waals surface area contributed by atoms with Gasteiger partial charge in [-0.2, -0.15) is 0 Å². The number of nitrogens with one attached hydrogen (secondary N) is 1. The van der Waals surface area contributed by atoms with Gasteiger partial charge in [-0.05, 0) is 11.6 Å². The molecule has 1 heterocycles. The van der Waals surface area contributed by atoms with Gasteiger partial charge in [-0.3, -0.25) is 10.2 Å². The van der Waals surface area contributed by atoms with Crippen LogP contribution in [0.1, 0.15) is 5.56 Å². The molecule has 0 bridgehead atoms. The van der Waals surface area contributed by atoms with E-state index >= 15 is 0 Å². The van der Waals surface area contributed by atoms with Crippen molar-refractivity contribution in [1.29, 1.82) is 0 Å². The van der Waals surface area contributed by atoms with Crippen molar-refractivity contribution in [1.82, 2.24) is 5.43 Å². The minimum Gasteiger partial charge on any atom is -0.289 e. The molecule has 0 saturated heterocycles. The number of hydrogen-bond acceptors (Lipinski definition) is 4. The smallest absolute Gasteiger partial charge is 0.280 e. The fourth-order valence-electron chi connectivity index (χ4n) is 1.26. The molecule has 0 radical (unpaired) electrons. The first-order valence-corrected chi connectivity index (χ1v) is 4.91. The van der Waals surface area contributed by atoms with Crippen LogP contribution >= 0.6 is 11.9 Å². The van der Waals surface area contributed by atoms with E-state index < -0.39 is 0 Å². The predicted octanol–water partition coefficient (Wildman–Crippen LogP) is 0.681. The summed E-state index contributed by atoms with van der Waals surface area (Å²) in [6.07, 6.45) is 0.548. The predicted molar refractivity (Wildman–Crippen MR) is 55.8 cm³/mol. The molecular formula is C9H9N3OS. The van der Waals surface area contributed by atoms with E-state index in [1.807, 2.05) is 24.3 Å². The number of benzene rings is 1. The summed E-state index contributed by atoms with van der Waals surface area (Å²) in [4.78, 5) is 12.3. The van der Waals surface area contributed by atoms with Crippen LogP contribution in [0.15, 0.2) is 33.6 Å². The molecule has 0 aromatic heterocycles. The summed E-state index contributed by atoms with van der Waals surface area (Å²) in [5.41, 5.74) is 3.67. The highest BCUT2D eigenvalue weighted by atomic mass is 32.2. The SMILES string of the molecule is NNC(=O)C1=NSc2ccccc2C1. The van der Waals surface area contributed by atoms with E-state index in [1.165, 1.54) is 11.9 Å². The summed E-state index contributed by atoms with van der Waals surface area (Å²) in [5, 5.41) is 0. The number of amides is 1. The summed E-state index contributed by atoms with van der Waals surface area (Å²) in [6.45, 7) is 0. The Hall–Kier alpha value is -1.33. The van der Waals surface area contributed by atoms with E-state index in [-0.39, 0.29) is 5.91 Å². The molecule has 0 fully saturated rings. The number of carbonyl (C=O) groups is 1. The molecule has 0 atom stereocenters. The maximum absolute atomic E-state index is 11.2. The first-order chi connectivity index (χ1) is 6.81. The molecule has 1 aromatic rings. The second kappa shape index (κ2) is 3.81. The van der Waals surface area contributed by atoms with Crippen LogP contribution in [0.4, 0.5) is 0 Å². The maximum Gasteiger partial charge on any atom is 0.280 e. The number of hydrogen-bond donors (Lipinski definition) is 2. The van der Waals surface area contributed by atoms with Crippen molar-refractivity contribution in [3.8, 4) is 0 Å². The first kappa shape index (κ1) is 9.23. The molecule has 1 amide bonds. The molecule has 72 valence electrons. The van der Waals surface area contributed by atoms with Gasteiger partial charge in [0.25, 0.3) is 5.91 Å². The zero-order valence-corrected chi connectivity index (χ0v) is 8.17. The van der Waals surface area contributed by atoms with E-state index in [9.17, 15) is 4.79 Å². The van der Waals surface area contributed by atoms with Crippen molar-refractivity contribution < 1.29 is 4.79 Å². The van der Waals surface area contributed by atoms with E-state index in [1.54, 1.807) is 0 Å². The zero-order valence-electron chi connectivity index (χ0n) is 7.36. The van der Waals surface area contributed by atoms with E-state index in [0.717, 1.165) is 10.5 Å². The fraction of sp³-hybridized carbons (Fsp3) is 0.111. The summed E-state index contributed by atoms with van der Waals surface area (Å²) in [5.74, 6) is 4.72. The fourth-order valence-corrected chi connectivity index (χ4v) is 2.01. The second-order valence-corrected chi connectivity index (χ2v) is 3.69. The molecule has 1 aromatic carbocycles. The molecule has 5 heteroatoms. The number of fused-ring (bicyclic) bond motifs is 1. The van der Waals surface area contributed by atoms with Crippen molar-refractivity contribution >= 4 is 23.6 Å². The largest absolute Gasteiger partial charge is 0.289 e. The number of hydrazine groups is 1. The standard InChI is InChI=1S/C9H9N3OS/c10-11-9(13)7-5-6-3-1-2-4-8(6)14-12-7/h1-4H,5,10H2,(H,11,13). The van der Waals surface area contributed by atoms with Gasteiger partial charge in [0.05, 0.1) is 0 Å². The third kappa shape index (κ3) is 1.64. The van der Waals surface area contributed by atoms with Crippen LogP contribution in [0.5, 0.6) is 0 Å². The molecule has 0 saturated carbocycles. The van der Waals surface area contributed by atoms with Gasteiger partial charge in [0.15, 0.2) is 0 Å². The first-order valence-electron chi connectivity index (χ1n) is 4.14. The Balaban J connectivity index is 2.25. The van der Waals surface area contributed by atoms with Crippen molar-refractivity contribution in [2.45, 2.75) is 11.3 Å². The topological polar surface area (TPSA) is 67.5 Å². The minimum atomic E-state index is -0.313. The normalized spacial score (nSPS) is 14.2. The maximum atomic E-state index is 11.2. The lowest BCUT2D eigenvalue weighted by atomic mass is 10.1. The summed E-state index contributed by atoms with van der Waals surface area (Å²) in [7, 11) is 0. The Bertz CT molecular complexity index is 403. The number of carbonyl (C=O) groups excluding carboxylic acids is 1. The third-order valence-corrected chi connectivity index (χ3v) is 2.88. The molecule has 4 nitrogen and oxygen atoms in total. The Morgan fingerprint density at radius 1 is 1.50 bits per heavy atom. The van der Waals surface area contributed by atoms with Crippen molar-refractivity contribution in [2.24, 2.45) is 10.2 Å². The number of nitrogens with two attached hydrogens (primary N) is 1. The monoisotopic (exact) mass is 207 g/mol. The van der Waals surface area contributed by atoms with Gasteiger partial charge in [0, 0.05) is 23.3 Å². The molecule has 3 N–H and O–H groups in total. The van der Waals surface area contributed by atoms with Crippen LogP contribution in [0.3, 0.4) is 0 Å². The lowest BCUT2D eigenvalue weighted by Crippen LogP contribution is -2.37. The Morgan fingerprint density at radius 2 is 2.29 bits per heavy atom. The van der Waals surface area contributed by atoms with Gasteiger partial charge in [-0.1, -0.05) is 18.2 Å². The van der Waals surface area contributed by atoms with Gasteiger partial charge < -0.3 is 0 Å². The van der Waals surface area contributed by atoms with Crippen LogP contribution in [0.2, 0.25) is 0 Å². The van der Waals surface area contributed by atoms with Crippen LogP contribution in [-0.2, 0) is 11.2 Å². The molecule has 0 unspecified atom stereocenters. The highest BCUT2D eigenvalue weighted by Gasteiger charge is 2.17. The molecule has 1 aliphatic heterocycles. The molecular weight excluding hydrogens is 198 g/mol. The minimum absolute atomic E-state index is 0.313. The van der Waals surface area contributed by atoms with Gasteiger partial charge in [-0.25, -0.2) is 10.2 Å². The van der Waals surface area contributed by atoms with Crippen LogP contribution in [0, 0.1) is 0 Å². The number of nitrogens with zero attached hydrogens (tertiary/aromatic N) is 1. The van der Waals surface area contributed by atoms with Crippen molar-refractivity contribution in [3.05, 3.63) is 29.8 Å². The van der Waals surface area contributed by atoms with Gasteiger partial charge in [-0.15, -0.1) is 0 Å². The average molecular weight is 207 g/mol. The van der Waals surface area contributed by atoms with Crippen LogP contribution in [-0.4, -0.2) is 11.6 Å². The van der Waals surface area contributed by atoms with Crippen molar-refractivity contribution in [2.75, 3.05) is 0 Å². The average Bonchev–Trinajstić information content (AvgIpc) is 2.27. The lowest BCUT2D eigenvalue weighted by molar-refractivity contribution is -0.114. The van der Waals surface area contributed by atoms with E-state index in [2.05, 4.69) is 9.82 Å². The molecule has 0 aliphatic carbocycles. The quantitative estimate of drug-likeness (QED) is 0.308. The Labute approximate surface area is 85.7 Å². The summed E-state index contributed by atoms with van der Waals surface area (Å²) < 4.78 is 4.08. The Morgan fingerprint density at radius 3 is 3.07 bits per heavy atom. The van der Waals surface area contributed by atoms with E-state index in [0.29, 0.717) is 12.1 Å². The lowest BCUT2D eigenvalue weighted by Gasteiger charge is -2.13.